The molecule has 102 valence electrons. The molecule has 3 aliphatic heterocycles. The van der Waals surface area contributed by atoms with Crippen LogP contribution < -0.4 is 0 Å². The molecule has 1 aliphatic carbocycles. The zero-order valence-electron chi connectivity index (χ0n) is 11.1. The van der Waals surface area contributed by atoms with E-state index in [1.807, 2.05) is 0 Å². The Kier molecular flexibility index (Phi) is 2.39. The van der Waals surface area contributed by atoms with E-state index < -0.39 is 0 Å². The molecular formula is C14H24N2O2. The van der Waals surface area contributed by atoms with E-state index in [1.54, 1.807) is 0 Å². The molecule has 4 heteroatoms. The summed E-state index contributed by atoms with van der Waals surface area (Å²) in [6.45, 7) is 3.73. The Hall–Kier alpha value is -0.160. The molecule has 1 saturated carbocycles. The number of rotatable bonds is 0. The van der Waals surface area contributed by atoms with E-state index >= 15 is 0 Å². The second kappa shape index (κ2) is 3.69. The number of aliphatic hydroxyl groups excluding tert-OH is 1. The van der Waals surface area contributed by atoms with Crippen molar-refractivity contribution in [2.45, 2.75) is 56.2 Å². The summed E-state index contributed by atoms with van der Waals surface area (Å²) in [6.07, 6.45) is 6.06. The van der Waals surface area contributed by atoms with Crippen LogP contribution in [0.4, 0.5) is 0 Å². The fourth-order valence-corrected chi connectivity index (χ4v) is 5.71. The van der Waals surface area contributed by atoms with E-state index in [0.717, 1.165) is 45.3 Å². The molecule has 0 radical (unpaired) electrons. The summed E-state index contributed by atoms with van der Waals surface area (Å²) in [5, 5.41) is 23.5. The highest BCUT2D eigenvalue weighted by molar-refractivity contribution is 5.10. The van der Waals surface area contributed by atoms with E-state index in [4.69, 9.17) is 0 Å². The van der Waals surface area contributed by atoms with Gasteiger partial charge in [-0.1, -0.05) is 0 Å². The van der Waals surface area contributed by atoms with Crippen molar-refractivity contribution in [3.63, 3.8) is 0 Å². The number of aliphatic hydroxyl groups is 1. The fourth-order valence-electron chi connectivity index (χ4n) is 5.71. The molecule has 4 nitrogen and oxygen atoms in total. The lowest BCUT2D eigenvalue weighted by molar-refractivity contribution is -0.932. The minimum atomic E-state index is -0.230. The van der Waals surface area contributed by atoms with Gasteiger partial charge >= 0.3 is 0 Å². The van der Waals surface area contributed by atoms with Gasteiger partial charge in [-0.3, -0.25) is 4.90 Å². The monoisotopic (exact) mass is 252 g/mol. The maximum atomic E-state index is 13.3. The van der Waals surface area contributed by atoms with Crippen molar-refractivity contribution in [2.24, 2.45) is 5.92 Å². The summed E-state index contributed by atoms with van der Waals surface area (Å²) < 4.78 is 0.0237. The van der Waals surface area contributed by atoms with Crippen molar-refractivity contribution in [3.8, 4) is 0 Å². The van der Waals surface area contributed by atoms with Crippen LogP contribution in [0.3, 0.4) is 0 Å². The van der Waals surface area contributed by atoms with Crippen molar-refractivity contribution in [2.75, 3.05) is 26.2 Å². The van der Waals surface area contributed by atoms with E-state index in [0.29, 0.717) is 12.0 Å². The summed E-state index contributed by atoms with van der Waals surface area (Å²) in [6, 6.07) is 0.464. The fraction of sp³-hybridized carbons (Fsp3) is 1.00. The van der Waals surface area contributed by atoms with Gasteiger partial charge in [0.2, 0.25) is 0 Å². The molecule has 0 aromatic heterocycles. The molecule has 3 saturated heterocycles. The van der Waals surface area contributed by atoms with Gasteiger partial charge in [0.15, 0.2) is 0 Å². The second-order valence-corrected chi connectivity index (χ2v) is 6.94. The Bertz CT molecular complexity index is 362. The minimum absolute atomic E-state index is 0.0237. The Labute approximate surface area is 109 Å². The van der Waals surface area contributed by atoms with Crippen LogP contribution in [0.2, 0.25) is 0 Å². The quantitative estimate of drug-likeness (QED) is 0.518. The smallest absolute Gasteiger partial charge is 0.120 e. The van der Waals surface area contributed by atoms with Gasteiger partial charge in [0.25, 0.3) is 0 Å². The molecular weight excluding hydrogens is 228 g/mol. The number of nitrogens with zero attached hydrogens (tertiary/aromatic N) is 2. The van der Waals surface area contributed by atoms with Gasteiger partial charge in [-0.05, 0) is 32.2 Å². The van der Waals surface area contributed by atoms with Crippen LogP contribution >= 0.6 is 0 Å². The van der Waals surface area contributed by atoms with Gasteiger partial charge in [-0.15, -0.1) is 0 Å². The lowest BCUT2D eigenvalue weighted by Gasteiger charge is -2.63. The van der Waals surface area contributed by atoms with Crippen LogP contribution in [-0.4, -0.2) is 58.5 Å². The molecule has 0 aromatic rings. The Balaban J connectivity index is 1.79. The number of hydroxylamine groups is 3. The highest BCUT2D eigenvalue weighted by Gasteiger charge is 2.66. The second-order valence-electron chi connectivity index (χ2n) is 6.94. The topological polar surface area (TPSA) is 46.5 Å². The summed E-state index contributed by atoms with van der Waals surface area (Å²) >= 11 is 0. The Morgan fingerprint density at radius 3 is 2.89 bits per heavy atom. The first-order chi connectivity index (χ1) is 8.66. The van der Waals surface area contributed by atoms with Crippen LogP contribution in [-0.2, 0) is 0 Å². The van der Waals surface area contributed by atoms with Crippen LogP contribution in [0.1, 0.15) is 38.5 Å². The molecule has 18 heavy (non-hydrogen) atoms. The highest BCUT2D eigenvalue weighted by Crippen LogP contribution is 2.56. The van der Waals surface area contributed by atoms with Gasteiger partial charge in [0.1, 0.15) is 5.54 Å². The first-order valence-corrected chi connectivity index (χ1v) is 7.66. The average Bonchev–Trinajstić information content (AvgIpc) is 2.92. The number of fused-ring (bicyclic) bond motifs is 1. The summed E-state index contributed by atoms with van der Waals surface area (Å²) in [4.78, 5) is 2.56. The van der Waals surface area contributed by atoms with Crippen molar-refractivity contribution in [3.05, 3.63) is 5.21 Å². The maximum absolute atomic E-state index is 13.3. The molecule has 4 aliphatic rings. The van der Waals surface area contributed by atoms with Gasteiger partial charge in [-0.25, -0.2) is 0 Å². The lowest BCUT2D eigenvalue weighted by atomic mass is 9.66. The van der Waals surface area contributed by atoms with Crippen molar-refractivity contribution >= 4 is 0 Å². The molecule has 1 spiro atoms. The van der Waals surface area contributed by atoms with Gasteiger partial charge in [0, 0.05) is 25.3 Å². The zero-order valence-corrected chi connectivity index (χ0v) is 11.1. The third kappa shape index (κ3) is 1.25. The largest absolute Gasteiger partial charge is 0.632 e. The summed E-state index contributed by atoms with van der Waals surface area (Å²) in [5.41, 5.74) is -0.146. The molecule has 0 bridgehead atoms. The molecule has 4 rings (SSSR count). The van der Waals surface area contributed by atoms with E-state index in [1.165, 1.54) is 19.4 Å². The zero-order chi connectivity index (χ0) is 12.4. The molecule has 5 atom stereocenters. The molecule has 1 N–H and O–H groups in total. The predicted octanol–water partition coefficient (Wildman–Crippen LogP) is 1.08. The van der Waals surface area contributed by atoms with Gasteiger partial charge in [-0.2, -0.15) is 0 Å². The Morgan fingerprint density at radius 1 is 1.11 bits per heavy atom. The Morgan fingerprint density at radius 2 is 2.00 bits per heavy atom. The maximum Gasteiger partial charge on any atom is 0.120 e. The number of piperazine rings is 1. The van der Waals surface area contributed by atoms with Crippen LogP contribution in [0.25, 0.3) is 0 Å². The minimum Gasteiger partial charge on any atom is -0.632 e. The van der Waals surface area contributed by atoms with Gasteiger partial charge in [0.05, 0.1) is 25.2 Å². The van der Waals surface area contributed by atoms with Crippen LogP contribution in [0.15, 0.2) is 0 Å². The predicted molar refractivity (Wildman–Crippen MR) is 68.7 cm³/mol. The summed E-state index contributed by atoms with van der Waals surface area (Å²) in [5.74, 6) is 0.573. The normalized spacial score (nSPS) is 56.0. The number of quaternary nitrogens is 1. The van der Waals surface area contributed by atoms with Crippen LogP contribution in [0, 0.1) is 11.1 Å². The third-order valence-electron chi connectivity index (χ3n) is 6.40. The highest BCUT2D eigenvalue weighted by atomic mass is 16.6. The number of hydrogen-bond acceptors (Lipinski definition) is 3. The number of hydrogen-bond donors (Lipinski definition) is 1. The average molecular weight is 252 g/mol. The molecule has 0 aromatic carbocycles. The molecule has 0 amide bonds. The SMILES string of the molecule is [O-][N+]12CCC3CCC(O)CC31C1CCCN1CC2. The van der Waals surface area contributed by atoms with Crippen molar-refractivity contribution < 1.29 is 9.75 Å². The van der Waals surface area contributed by atoms with Gasteiger partial charge < -0.3 is 15.0 Å². The standard InChI is InChI=1S/C14H24N2O2/c17-12-4-3-11-5-8-16(18)9-7-15-6-1-2-13(15)14(11,16)10-12/h11-13,17H,1-10H2. The van der Waals surface area contributed by atoms with Crippen molar-refractivity contribution in [1.29, 1.82) is 0 Å². The third-order valence-corrected chi connectivity index (χ3v) is 6.40. The first kappa shape index (κ1) is 11.6. The first-order valence-electron chi connectivity index (χ1n) is 7.66. The van der Waals surface area contributed by atoms with E-state index in [2.05, 4.69) is 4.90 Å². The van der Waals surface area contributed by atoms with Crippen molar-refractivity contribution in [1.82, 2.24) is 4.90 Å². The molecule has 5 unspecified atom stereocenters. The lowest BCUT2D eigenvalue weighted by Crippen LogP contribution is -2.74. The van der Waals surface area contributed by atoms with E-state index in [9.17, 15) is 10.3 Å². The molecule has 4 fully saturated rings. The molecule has 3 heterocycles. The van der Waals surface area contributed by atoms with Crippen LogP contribution in [0.5, 0.6) is 0 Å². The van der Waals surface area contributed by atoms with E-state index in [-0.39, 0.29) is 16.3 Å². The summed E-state index contributed by atoms with van der Waals surface area (Å²) in [7, 11) is 0.